The zero-order valence-corrected chi connectivity index (χ0v) is 12.2. The first-order chi connectivity index (χ1) is 10.7. The lowest BCUT2D eigenvalue weighted by Gasteiger charge is -2.35. The number of likely N-dealkylation sites (tertiary alicyclic amines) is 1. The molecule has 0 bridgehead atoms. The van der Waals surface area contributed by atoms with Crippen molar-refractivity contribution in [2.75, 3.05) is 19.7 Å². The van der Waals surface area contributed by atoms with Crippen LogP contribution in [0.1, 0.15) is 16.8 Å². The minimum atomic E-state index is -0.669. The number of carbonyl (C=O) groups is 1. The molecule has 0 saturated carbocycles. The minimum Gasteiger partial charge on any atom is -0.396 e. The number of rotatable bonds is 3. The highest BCUT2D eigenvalue weighted by atomic mass is 16.3. The molecule has 2 heterocycles. The maximum atomic E-state index is 12.6. The number of hydrogen-bond acceptors (Lipinski definition) is 4. The van der Waals surface area contributed by atoms with Crippen LogP contribution in [-0.4, -0.2) is 56.6 Å². The van der Waals surface area contributed by atoms with Gasteiger partial charge in [0.1, 0.15) is 0 Å². The highest BCUT2D eigenvalue weighted by Gasteiger charge is 2.30. The lowest BCUT2D eigenvalue weighted by atomic mass is 9.94. The summed E-state index contributed by atoms with van der Waals surface area (Å²) >= 11 is 0. The van der Waals surface area contributed by atoms with Crippen LogP contribution in [0.4, 0.5) is 0 Å². The Hall–Kier alpha value is -2.18. The molecule has 3 rings (SSSR count). The lowest BCUT2D eigenvalue weighted by molar-refractivity contribution is 0.000877. The first-order valence-corrected chi connectivity index (χ1v) is 7.37. The van der Waals surface area contributed by atoms with E-state index in [1.54, 1.807) is 27.9 Å². The number of aliphatic hydroxyl groups excluding tert-OH is 2. The number of amides is 1. The van der Waals surface area contributed by atoms with Gasteiger partial charge < -0.3 is 15.1 Å². The molecule has 22 heavy (non-hydrogen) atoms. The predicted molar refractivity (Wildman–Crippen MR) is 80.7 cm³/mol. The fourth-order valence-corrected chi connectivity index (χ4v) is 2.76. The van der Waals surface area contributed by atoms with Crippen molar-refractivity contribution < 1.29 is 15.0 Å². The molecule has 1 amide bonds. The Balaban J connectivity index is 1.77. The van der Waals surface area contributed by atoms with E-state index in [9.17, 15) is 15.0 Å². The van der Waals surface area contributed by atoms with Crippen LogP contribution in [0, 0.1) is 5.92 Å². The highest BCUT2D eigenvalue weighted by molar-refractivity contribution is 5.94. The summed E-state index contributed by atoms with van der Waals surface area (Å²) in [5, 5.41) is 23.3. The second kappa shape index (κ2) is 6.29. The molecule has 0 spiro atoms. The first-order valence-electron chi connectivity index (χ1n) is 7.37. The van der Waals surface area contributed by atoms with E-state index in [1.807, 2.05) is 24.4 Å². The smallest absolute Gasteiger partial charge is 0.254 e. The molecule has 116 valence electrons. The van der Waals surface area contributed by atoms with E-state index in [-0.39, 0.29) is 25.0 Å². The van der Waals surface area contributed by atoms with Crippen LogP contribution in [0.5, 0.6) is 0 Å². The van der Waals surface area contributed by atoms with Crippen molar-refractivity contribution >= 4 is 5.91 Å². The summed E-state index contributed by atoms with van der Waals surface area (Å²) in [6, 6.07) is 9.09. The third kappa shape index (κ3) is 2.88. The normalized spacial score (nSPS) is 21.8. The van der Waals surface area contributed by atoms with Crippen molar-refractivity contribution in [3.05, 3.63) is 48.3 Å². The molecule has 1 aliphatic rings. The third-order valence-corrected chi connectivity index (χ3v) is 4.11. The average Bonchev–Trinajstić information content (AvgIpc) is 3.09. The number of nitrogens with zero attached hydrogens (tertiary/aromatic N) is 3. The summed E-state index contributed by atoms with van der Waals surface area (Å²) < 4.78 is 1.70. The van der Waals surface area contributed by atoms with Gasteiger partial charge in [0.2, 0.25) is 0 Å². The molecule has 2 N–H and O–H groups in total. The molecule has 1 aromatic heterocycles. The SMILES string of the molecule is O=C(c1cccc(-n2cccn2)c1)N1CC[C@H](CO)[C@H](O)C1. The second-order valence-electron chi connectivity index (χ2n) is 5.55. The van der Waals surface area contributed by atoms with Crippen molar-refractivity contribution in [1.29, 1.82) is 0 Å². The number of hydrogen-bond donors (Lipinski definition) is 2. The average molecular weight is 301 g/mol. The van der Waals surface area contributed by atoms with Crippen molar-refractivity contribution in [3.8, 4) is 5.69 Å². The van der Waals surface area contributed by atoms with Gasteiger partial charge in [-0.05, 0) is 30.7 Å². The molecular weight excluding hydrogens is 282 g/mol. The Bertz CT molecular complexity index is 642. The second-order valence-corrected chi connectivity index (χ2v) is 5.55. The minimum absolute atomic E-state index is 0.0437. The van der Waals surface area contributed by atoms with Crippen LogP contribution < -0.4 is 0 Å². The molecular formula is C16H19N3O3. The quantitative estimate of drug-likeness (QED) is 0.874. The molecule has 0 radical (unpaired) electrons. The Morgan fingerprint density at radius 1 is 1.36 bits per heavy atom. The Labute approximate surface area is 128 Å². The van der Waals surface area contributed by atoms with E-state index < -0.39 is 6.10 Å². The van der Waals surface area contributed by atoms with Gasteiger partial charge in [0.25, 0.3) is 5.91 Å². The van der Waals surface area contributed by atoms with Crippen LogP contribution in [0.3, 0.4) is 0 Å². The number of benzene rings is 1. The molecule has 1 aromatic carbocycles. The number of carbonyl (C=O) groups excluding carboxylic acids is 1. The van der Waals surface area contributed by atoms with E-state index in [0.29, 0.717) is 18.5 Å². The Morgan fingerprint density at radius 3 is 2.91 bits per heavy atom. The van der Waals surface area contributed by atoms with Gasteiger partial charge in [-0.2, -0.15) is 5.10 Å². The topological polar surface area (TPSA) is 78.6 Å². The van der Waals surface area contributed by atoms with Crippen LogP contribution >= 0.6 is 0 Å². The fraction of sp³-hybridized carbons (Fsp3) is 0.375. The Kier molecular flexibility index (Phi) is 4.22. The molecule has 2 aromatic rings. The lowest BCUT2D eigenvalue weighted by Crippen LogP contribution is -2.47. The van der Waals surface area contributed by atoms with E-state index in [4.69, 9.17) is 0 Å². The van der Waals surface area contributed by atoms with Gasteiger partial charge in [-0.25, -0.2) is 4.68 Å². The van der Waals surface area contributed by atoms with Gasteiger partial charge in [0.15, 0.2) is 0 Å². The fourth-order valence-electron chi connectivity index (χ4n) is 2.76. The van der Waals surface area contributed by atoms with Gasteiger partial charge in [-0.3, -0.25) is 4.79 Å². The third-order valence-electron chi connectivity index (χ3n) is 4.11. The van der Waals surface area contributed by atoms with Gasteiger partial charge in [0, 0.05) is 43.6 Å². The number of aromatic nitrogens is 2. The van der Waals surface area contributed by atoms with Gasteiger partial charge in [0.05, 0.1) is 11.8 Å². The highest BCUT2D eigenvalue weighted by Crippen LogP contribution is 2.20. The van der Waals surface area contributed by atoms with Crippen molar-refractivity contribution in [3.63, 3.8) is 0 Å². The zero-order valence-electron chi connectivity index (χ0n) is 12.2. The van der Waals surface area contributed by atoms with E-state index in [0.717, 1.165) is 5.69 Å². The van der Waals surface area contributed by atoms with Crippen molar-refractivity contribution in [2.24, 2.45) is 5.92 Å². The maximum absolute atomic E-state index is 12.6. The van der Waals surface area contributed by atoms with Gasteiger partial charge >= 0.3 is 0 Å². The van der Waals surface area contributed by atoms with Crippen molar-refractivity contribution in [1.82, 2.24) is 14.7 Å². The predicted octanol–water partition coefficient (Wildman–Crippen LogP) is 0.688. The summed E-state index contributed by atoms with van der Waals surface area (Å²) in [6.45, 7) is 0.765. The summed E-state index contributed by atoms with van der Waals surface area (Å²) in [7, 11) is 0. The molecule has 1 aliphatic heterocycles. The van der Waals surface area contributed by atoms with Gasteiger partial charge in [-0.15, -0.1) is 0 Å². The van der Waals surface area contributed by atoms with Gasteiger partial charge in [-0.1, -0.05) is 6.07 Å². The number of aliphatic hydroxyl groups is 2. The molecule has 6 nitrogen and oxygen atoms in total. The Morgan fingerprint density at radius 2 is 2.23 bits per heavy atom. The molecule has 2 atom stereocenters. The monoisotopic (exact) mass is 301 g/mol. The van der Waals surface area contributed by atoms with Crippen LogP contribution in [0.2, 0.25) is 0 Å². The zero-order chi connectivity index (χ0) is 15.5. The summed E-state index contributed by atoms with van der Waals surface area (Å²) in [5.41, 5.74) is 1.39. The summed E-state index contributed by atoms with van der Waals surface area (Å²) in [4.78, 5) is 14.2. The van der Waals surface area contributed by atoms with Crippen LogP contribution in [0.25, 0.3) is 5.69 Å². The van der Waals surface area contributed by atoms with Crippen LogP contribution in [0.15, 0.2) is 42.7 Å². The van der Waals surface area contributed by atoms with Crippen LogP contribution in [-0.2, 0) is 0 Å². The maximum Gasteiger partial charge on any atom is 0.254 e. The molecule has 1 saturated heterocycles. The van der Waals surface area contributed by atoms with E-state index in [1.165, 1.54) is 0 Å². The molecule has 6 heteroatoms. The number of β-amino-alcohol motifs (C(OH)–C–C–N with tert-alkyl or cyclic N) is 1. The molecule has 1 fully saturated rings. The largest absolute Gasteiger partial charge is 0.396 e. The van der Waals surface area contributed by atoms with E-state index in [2.05, 4.69) is 5.10 Å². The summed E-state index contributed by atoms with van der Waals surface area (Å²) in [5.74, 6) is -0.246. The first kappa shape index (κ1) is 14.7. The standard InChI is InChI=1S/C16H19N3O3/c20-11-13-5-8-18(10-15(13)21)16(22)12-3-1-4-14(9-12)19-7-2-6-17-19/h1-4,6-7,9,13,15,20-21H,5,8,10-11H2/t13-,15-/m1/s1. The number of piperidine rings is 1. The molecule has 0 unspecified atom stereocenters. The van der Waals surface area contributed by atoms with Crippen molar-refractivity contribution in [2.45, 2.75) is 12.5 Å². The summed E-state index contributed by atoms with van der Waals surface area (Å²) in [6.07, 6.45) is 3.45. The molecule has 0 aliphatic carbocycles. The van der Waals surface area contributed by atoms with E-state index >= 15 is 0 Å².